The molecule has 1 heterocycles. The number of pyridine rings is 1. The number of nitrogens with zero attached hydrogens (tertiary/aromatic N) is 1. The maximum Gasteiger partial charge on any atom is 0.0346 e. The van der Waals surface area contributed by atoms with Crippen molar-refractivity contribution >= 4 is 22.5 Å². The van der Waals surface area contributed by atoms with Crippen LogP contribution in [0.15, 0.2) is 36.7 Å². The fourth-order valence-corrected chi connectivity index (χ4v) is 3.82. The lowest BCUT2D eigenvalue weighted by atomic mass is 9.94. The van der Waals surface area contributed by atoms with E-state index in [0.29, 0.717) is 6.04 Å². The second-order valence-electron chi connectivity index (χ2n) is 5.61. The highest BCUT2D eigenvalue weighted by atomic mass is 32.2. The van der Waals surface area contributed by atoms with E-state index in [2.05, 4.69) is 40.8 Å². The van der Waals surface area contributed by atoms with Gasteiger partial charge in [0.1, 0.15) is 0 Å². The number of aromatic nitrogens is 1. The third kappa shape index (κ3) is 3.15. The van der Waals surface area contributed by atoms with Crippen molar-refractivity contribution in [2.24, 2.45) is 0 Å². The quantitative estimate of drug-likeness (QED) is 0.919. The number of benzene rings is 1. The van der Waals surface area contributed by atoms with Gasteiger partial charge >= 0.3 is 0 Å². The number of fused-ring (bicyclic) bond motifs is 1. The van der Waals surface area contributed by atoms with E-state index in [1.807, 2.05) is 24.2 Å². The van der Waals surface area contributed by atoms with E-state index in [4.69, 9.17) is 0 Å². The van der Waals surface area contributed by atoms with Crippen LogP contribution in [0.1, 0.15) is 31.2 Å². The van der Waals surface area contributed by atoms with E-state index in [1.165, 1.54) is 42.0 Å². The predicted molar refractivity (Wildman–Crippen MR) is 88.1 cm³/mol. The summed E-state index contributed by atoms with van der Waals surface area (Å²) in [5.74, 6) is 0. The highest BCUT2D eigenvalue weighted by Gasteiger charge is 2.19. The van der Waals surface area contributed by atoms with Gasteiger partial charge in [-0.2, -0.15) is 11.8 Å². The summed E-state index contributed by atoms with van der Waals surface area (Å²) < 4.78 is 0. The molecule has 0 saturated heterocycles. The van der Waals surface area contributed by atoms with Crippen LogP contribution in [0.25, 0.3) is 10.8 Å². The fraction of sp³-hybridized carbons (Fsp3) is 0.471. The summed E-state index contributed by atoms with van der Waals surface area (Å²) in [5, 5.41) is 7.17. The van der Waals surface area contributed by atoms with Gasteiger partial charge in [-0.1, -0.05) is 24.3 Å². The molecule has 1 aromatic heterocycles. The lowest BCUT2D eigenvalue weighted by molar-refractivity contribution is 0.379. The van der Waals surface area contributed by atoms with Gasteiger partial charge < -0.3 is 5.32 Å². The summed E-state index contributed by atoms with van der Waals surface area (Å²) in [6.45, 7) is 0.933. The van der Waals surface area contributed by atoms with E-state index < -0.39 is 0 Å². The molecule has 1 aliphatic carbocycles. The molecule has 20 heavy (non-hydrogen) atoms. The van der Waals surface area contributed by atoms with Gasteiger partial charge in [-0.3, -0.25) is 4.98 Å². The van der Waals surface area contributed by atoms with E-state index in [9.17, 15) is 0 Å². The monoisotopic (exact) mass is 286 g/mol. The Balaban J connectivity index is 1.63. The zero-order valence-electron chi connectivity index (χ0n) is 12.0. The molecular weight excluding hydrogens is 264 g/mol. The second kappa shape index (κ2) is 6.59. The minimum absolute atomic E-state index is 0.678. The van der Waals surface area contributed by atoms with Crippen molar-refractivity contribution in [3.63, 3.8) is 0 Å². The van der Waals surface area contributed by atoms with Gasteiger partial charge in [0.15, 0.2) is 0 Å². The maximum atomic E-state index is 4.36. The van der Waals surface area contributed by atoms with Crippen LogP contribution in [-0.2, 0) is 6.54 Å². The molecular formula is C17H22N2S. The highest BCUT2D eigenvalue weighted by molar-refractivity contribution is 7.99. The second-order valence-corrected chi connectivity index (χ2v) is 6.75. The Hall–Kier alpha value is -1.06. The molecule has 0 amide bonds. The molecule has 1 saturated carbocycles. The van der Waals surface area contributed by atoms with E-state index >= 15 is 0 Å². The van der Waals surface area contributed by atoms with Gasteiger partial charge in [-0.25, -0.2) is 0 Å². The average Bonchev–Trinajstić information content (AvgIpc) is 2.53. The maximum absolute atomic E-state index is 4.36. The first kappa shape index (κ1) is 13.9. The molecule has 0 radical (unpaired) electrons. The molecule has 0 aliphatic heterocycles. The molecule has 0 bridgehead atoms. The first-order valence-corrected chi connectivity index (χ1v) is 8.73. The normalized spacial score (nSPS) is 23.1. The summed E-state index contributed by atoms with van der Waals surface area (Å²) in [7, 11) is 0. The van der Waals surface area contributed by atoms with Crippen LogP contribution in [0, 0.1) is 0 Å². The Labute approximate surface area is 125 Å². The van der Waals surface area contributed by atoms with E-state index in [0.717, 1.165) is 11.8 Å². The first-order valence-electron chi connectivity index (χ1n) is 7.44. The van der Waals surface area contributed by atoms with Crippen LogP contribution in [0.4, 0.5) is 0 Å². The van der Waals surface area contributed by atoms with Gasteiger partial charge in [0.25, 0.3) is 0 Å². The number of nitrogens with one attached hydrogen (secondary N) is 1. The lowest BCUT2D eigenvalue weighted by Gasteiger charge is -2.28. The summed E-state index contributed by atoms with van der Waals surface area (Å²) in [5.41, 5.74) is 1.31. The zero-order valence-corrected chi connectivity index (χ0v) is 12.8. The number of hydrogen-bond acceptors (Lipinski definition) is 3. The smallest absolute Gasteiger partial charge is 0.0346 e. The van der Waals surface area contributed by atoms with Crippen molar-refractivity contribution in [2.75, 3.05) is 6.26 Å². The predicted octanol–water partition coefficient (Wildman–Crippen LogP) is 4.00. The Bertz CT molecular complexity index is 556. The molecule has 0 unspecified atom stereocenters. The van der Waals surface area contributed by atoms with E-state index in [-0.39, 0.29) is 0 Å². The van der Waals surface area contributed by atoms with Crippen molar-refractivity contribution in [2.45, 2.75) is 43.5 Å². The van der Waals surface area contributed by atoms with Crippen molar-refractivity contribution in [3.8, 4) is 0 Å². The van der Waals surface area contributed by atoms with Crippen LogP contribution < -0.4 is 5.32 Å². The molecule has 3 heteroatoms. The van der Waals surface area contributed by atoms with Gasteiger partial charge in [-0.05, 0) is 42.9 Å². The molecule has 3 rings (SSSR count). The van der Waals surface area contributed by atoms with Crippen molar-refractivity contribution in [1.29, 1.82) is 0 Å². The summed E-state index contributed by atoms with van der Waals surface area (Å²) in [4.78, 5) is 4.36. The van der Waals surface area contributed by atoms with Crippen LogP contribution in [0.2, 0.25) is 0 Å². The first-order chi connectivity index (χ1) is 9.86. The van der Waals surface area contributed by atoms with Crippen LogP contribution in [0.3, 0.4) is 0 Å². The van der Waals surface area contributed by atoms with Crippen molar-refractivity contribution in [3.05, 3.63) is 42.2 Å². The average molecular weight is 286 g/mol. The third-order valence-electron chi connectivity index (χ3n) is 4.34. The van der Waals surface area contributed by atoms with Crippen LogP contribution in [-0.4, -0.2) is 22.5 Å². The third-order valence-corrected chi connectivity index (χ3v) is 5.48. The molecule has 1 fully saturated rings. The van der Waals surface area contributed by atoms with Gasteiger partial charge in [0, 0.05) is 35.6 Å². The van der Waals surface area contributed by atoms with E-state index in [1.54, 1.807) is 0 Å². The van der Waals surface area contributed by atoms with Gasteiger partial charge in [0.05, 0.1) is 0 Å². The number of thioether (sulfide) groups is 1. The minimum atomic E-state index is 0.678. The number of rotatable bonds is 4. The van der Waals surface area contributed by atoms with Crippen LogP contribution >= 0.6 is 11.8 Å². The molecule has 106 valence electrons. The summed E-state index contributed by atoms with van der Waals surface area (Å²) in [6, 6.07) is 9.19. The Kier molecular flexibility index (Phi) is 4.58. The zero-order chi connectivity index (χ0) is 13.8. The SMILES string of the molecule is CSC1CCC(NCc2cncc3ccccc23)CC1. The highest BCUT2D eigenvalue weighted by Crippen LogP contribution is 2.27. The fourth-order valence-electron chi connectivity index (χ4n) is 3.08. The van der Waals surface area contributed by atoms with Gasteiger partial charge in [0.2, 0.25) is 0 Å². The molecule has 1 N–H and O–H groups in total. The Morgan fingerprint density at radius 1 is 1.15 bits per heavy atom. The molecule has 2 nitrogen and oxygen atoms in total. The molecule has 1 aliphatic rings. The number of hydrogen-bond donors (Lipinski definition) is 1. The standard InChI is InChI=1S/C17H22N2S/c1-20-16-8-6-15(7-9-16)19-12-14-11-18-10-13-4-2-3-5-17(13)14/h2-5,10-11,15-16,19H,6-9,12H2,1H3. The molecule has 0 atom stereocenters. The van der Waals surface area contributed by atoms with Crippen LogP contribution in [0.5, 0.6) is 0 Å². The molecule has 2 aromatic rings. The molecule has 0 spiro atoms. The topological polar surface area (TPSA) is 24.9 Å². The van der Waals surface area contributed by atoms with Crippen molar-refractivity contribution in [1.82, 2.24) is 10.3 Å². The Morgan fingerprint density at radius 2 is 1.95 bits per heavy atom. The molecule has 1 aromatic carbocycles. The van der Waals surface area contributed by atoms with Gasteiger partial charge in [-0.15, -0.1) is 0 Å². The summed E-state index contributed by atoms with van der Waals surface area (Å²) >= 11 is 2.03. The lowest BCUT2D eigenvalue weighted by Crippen LogP contribution is -2.33. The van der Waals surface area contributed by atoms with Crippen molar-refractivity contribution < 1.29 is 0 Å². The summed E-state index contributed by atoms with van der Waals surface area (Å²) in [6.07, 6.45) is 11.5. The minimum Gasteiger partial charge on any atom is -0.310 e. The largest absolute Gasteiger partial charge is 0.310 e. The Morgan fingerprint density at radius 3 is 2.75 bits per heavy atom.